The Morgan fingerprint density at radius 2 is 1.56 bits per heavy atom. The van der Waals surface area contributed by atoms with E-state index in [1.807, 2.05) is 6.08 Å². The van der Waals surface area contributed by atoms with Crippen LogP contribution in [0.5, 0.6) is 0 Å². The number of hydrogen-bond acceptors (Lipinski definition) is 1. The maximum Gasteiger partial charge on any atom is 0.142 e. The Morgan fingerprint density at radius 3 is 2.12 bits per heavy atom. The molecule has 0 spiro atoms. The van der Waals surface area contributed by atoms with E-state index in [9.17, 15) is 4.79 Å². The first-order valence-corrected chi connectivity index (χ1v) is 6.61. The smallest absolute Gasteiger partial charge is 0.142 e. The summed E-state index contributed by atoms with van der Waals surface area (Å²) >= 11 is 0. The highest BCUT2D eigenvalue weighted by molar-refractivity contribution is 5.65. The van der Waals surface area contributed by atoms with Crippen molar-refractivity contribution in [3.8, 4) is 0 Å². The molecule has 0 radical (unpaired) electrons. The minimum Gasteiger partial charge on any atom is -0.299 e. The highest BCUT2D eigenvalue weighted by Gasteiger charge is 1.92. The predicted molar refractivity (Wildman–Crippen MR) is 71.6 cm³/mol. The van der Waals surface area contributed by atoms with Crippen LogP contribution in [0.15, 0.2) is 24.3 Å². The van der Waals surface area contributed by atoms with Crippen molar-refractivity contribution in [3.63, 3.8) is 0 Å². The molecule has 0 saturated heterocycles. The fraction of sp³-hybridized carbons (Fsp3) is 0.667. The third kappa shape index (κ3) is 11.2. The van der Waals surface area contributed by atoms with Crippen LogP contribution in [0, 0.1) is 0 Å². The Labute approximate surface area is 101 Å². The summed E-state index contributed by atoms with van der Waals surface area (Å²) in [7, 11) is 0. The Balaban J connectivity index is 3.17. The van der Waals surface area contributed by atoms with Gasteiger partial charge in [0.15, 0.2) is 0 Å². The van der Waals surface area contributed by atoms with Gasteiger partial charge in [0.05, 0.1) is 0 Å². The van der Waals surface area contributed by atoms with E-state index >= 15 is 0 Å². The summed E-state index contributed by atoms with van der Waals surface area (Å²) in [6, 6.07) is 0. The molecule has 0 amide bonds. The van der Waals surface area contributed by atoms with E-state index in [1.165, 1.54) is 57.4 Å². The number of carbonyl (C=O) groups is 1. The van der Waals surface area contributed by atoms with Crippen molar-refractivity contribution in [1.82, 2.24) is 0 Å². The van der Waals surface area contributed by atoms with E-state index in [1.54, 1.807) is 0 Å². The zero-order chi connectivity index (χ0) is 12.1. The quantitative estimate of drug-likeness (QED) is 0.212. The largest absolute Gasteiger partial charge is 0.299 e. The minimum absolute atomic E-state index is 0.804. The molecule has 92 valence electrons. The first-order valence-electron chi connectivity index (χ1n) is 6.61. The van der Waals surface area contributed by atoms with Crippen molar-refractivity contribution in [2.45, 2.75) is 64.7 Å². The van der Waals surface area contributed by atoms with Crippen LogP contribution in [0.4, 0.5) is 0 Å². The van der Waals surface area contributed by atoms with E-state index in [-0.39, 0.29) is 0 Å². The second-order valence-electron chi connectivity index (χ2n) is 4.38. The third-order valence-corrected chi connectivity index (χ3v) is 2.76. The lowest BCUT2D eigenvalue weighted by Gasteiger charge is -2.01. The van der Waals surface area contributed by atoms with E-state index in [0.717, 1.165) is 18.3 Å². The second-order valence-corrected chi connectivity index (χ2v) is 4.38. The molecule has 0 rings (SSSR count). The summed E-state index contributed by atoms with van der Waals surface area (Å²) in [6.07, 6.45) is 15.9. The van der Waals surface area contributed by atoms with Crippen molar-refractivity contribution in [2.24, 2.45) is 0 Å². The van der Waals surface area contributed by atoms with Crippen LogP contribution >= 0.6 is 0 Å². The summed E-state index contributed by atoms with van der Waals surface area (Å²) in [5.74, 6) is 0. The maximum absolute atomic E-state index is 10.1. The SMILES string of the molecule is C=C(/C=C/C=O)CCCCCCCCCC. The molecule has 0 unspecified atom stereocenters. The van der Waals surface area contributed by atoms with Crippen LogP contribution in [-0.4, -0.2) is 6.29 Å². The van der Waals surface area contributed by atoms with Gasteiger partial charge in [0.2, 0.25) is 0 Å². The molecule has 0 fully saturated rings. The van der Waals surface area contributed by atoms with Gasteiger partial charge in [-0.3, -0.25) is 4.79 Å². The number of rotatable bonds is 11. The van der Waals surface area contributed by atoms with E-state index < -0.39 is 0 Å². The highest BCUT2D eigenvalue weighted by Crippen LogP contribution is 2.12. The Kier molecular flexibility index (Phi) is 11.6. The molecular weight excluding hydrogens is 196 g/mol. The predicted octanol–water partition coefficient (Wildman–Crippen LogP) is 4.83. The third-order valence-electron chi connectivity index (χ3n) is 2.76. The molecule has 1 nitrogen and oxygen atoms in total. The highest BCUT2D eigenvalue weighted by atomic mass is 16.1. The molecule has 0 N–H and O–H groups in total. The zero-order valence-corrected chi connectivity index (χ0v) is 10.7. The van der Waals surface area contributed by atoms with Crippen LogP contribution in [0.3, 0.4) is 0 Å². The van der Waals surface area contributed by atoms with Crippen molar-refractivity contribution >= 4 is 6.29 Å². The second kappa shape index (κ2) is 12.2. The molecule has 0 aliphatic heterocycles. The summed E-state index contributed by atoms with van der Waals surface area (Å²) in [6.45, 7) is 6.15. The lowest BCUT2D eigenvalue weighted by molar-refractivity contribution is -0.104. The molecule has 0 bridgehead atoms. The Hall–Kier alpha value is -0.850. The number of hydrogen-bond donors (Lipinski definition) is 0. The van der Waals surface area contributed by atoms with Gasteiger partial charge in [0.1, 0.15) is 6.29 Å². The van der Waals surface area contributed by atoms with Crippen LogP contribution in [0.2, 0.25) is 0 Å². The monoisotopic (exact) mass is 222 g/mol. The van der Waals surface area contributed by atoms with Gasteiger partial charge in [-0.05, 0) is 18.9 Å². The van der Waals surface area contributed by atoms with Gasteiger partial charge in [-0.15, -0.1) is 0 Å². The number of unbranched alkanes of at least 4 members (excludes halogenated alkanes) is 7. The Bertz CT molecular complexity index is 203. The average Bonchev–Trinajstić information content (AvgIpc) is 2.30. The molecule has 0 atom stereocenters. The average molecular weight is 222 g/mol. The molecule has 0 heterocycles. The van der Waals surface area contributed by atoms with Crippen molar-refractivity contribution in [2.75, 3.05) is 0 Å². The van der Waals surface area contributed by atoms with Crippen LogP contribution < -0.4 is 0 Å². The molecule has 0 aromatic carbocycles. The molecule has 0 saturated carbocycles. The van der Waals surface area contributed by atoms with E-state index in [2.05, 4.69) is 13.5 Å². The number of aldehydes is 1. The first kappa shape index (κ1) is 15.2. The molecule has 0 aromatic heterocycles. The topological polar surface area (TPSA) is 17.1 Å². The fourth-order valence-electron chi connectivity index (χ4n) is 1.74. The summed E-state index contributed by atoms with van der Waals surface area (Å²) in [4.78, 5) is 10.1. The Morgan fingerprint density at radius 1 is 1.00 bits per heavy atom. The standard InChI is InChI=1S/C15H26O/c1-3-4-5-6-7-8-9-10-12-15(2)13-11-14-16/h11,13-14H,2-10,12H2,1H3/b13-11+. The molecular formula is C15H26O. The fourth-order valence-corrected chi connectivity index (χ4v) is 1.74. The van der Waals surface area contributed by atoms with Crippen molar-refractivity contribution in [3.05, 3.63) is 24.3 Å². The minimum atomic E-state index is 0.804. The van der Waals surface area contributed by atoms with Crippen molar-refractivity contribution in [1.29, 1.82) is 0 Å². The van der Waals surface area contributed by atoms with Gasteiger partial charge in [-0.2, -0.15) is 0 Å². The van der Waals surface area contributed by atoms with Crippen LogP contribution in [0.25, 0.3) is 0 Å². The van der Waals surface area contributed by atoms with Gasteiger partial charge in [-0.1, -0.05) is 70.1 Å². The molecule has 0 aliphatic carbocycles. The molecule has 1 heteroatoms. The van der Waals surface area contributed by atoms with Gasteiger partial charge >= 0.3 is 0 Å². The van der Waals surface area contributed by atoms with Gasteiger partial charge in [0, 0.05) is 0 Å². The van der Waals surface area contributed by atoms with Gasteiger partial charge in [-0.25, -0.2) is 0 Å². The normalized spacial score (nSPS) is 10.8. The van der Waals surface area contributed by atoms with Crippen LogP contribution in [-0.2, 0) is 4.79 Å². The van der Waals surface area contributed by atoms with Gasteiger partial charge in [0.25, 0.3) is 0 Å². The van der Waals surface area contributed by atoms with E-state index in [0.29, 0.717) is 0 Å². The molecule has 16 heavy (non-hydrogen) atoms. The van der Waals surface area contributed by atoms with Crippen LogP contribution in [0.1, 0.15) is 64.7 Å². The number of allylic oxidation sites excluding steroid dienone is 3. The molecule has 0 aliphatic rings. The summed E-state index contributed by atoms with van der Waals surface area (Å²) in [5, 5.41) is 0. The first-order chi connectivity index (χ1) is 7.81. The summed E-state index contributed by atoms with van der Waals surface area (Å²) < 4.78 is 0. The summed E-state index contributed by atoms with van der Waals surface area (Å²) in [5.41, 5.74) is 1.07. The lowest BCUT2D eigenvalue weighted by Crippen LogP contribution is -1.82. The maximum atomic E-state index is 10.1. The number of carbonyl (C=O) groups excluding carboxylic acids is 1. The molecule has 0 aromatic rings. The zero-order valence-electron chi connectivity index (χ0n) is 10.7. The van der Waals surface area contributed by atoms with Crippen molar-refractivity contribution < 1.29 is 4.79 Å². The lowest BCUT2D eigenvalue weighted by atomic mass is 10.0. The van der Waals surface area contributed by atoms with Gasteiger partial charge < -0.3 is 0 Å². The van der Waals surface area contributed by atoms with E-state index in [4.69, 9.17) is 0 Å².